The molecule has 0 amide bonds. The monoisotopic (exact) mass is 379 g/mol. The lowest BCUT2D eigenvalue weighted by molar-refractivity contribution is 0.429. The molecule has 4 N–H and O–H groups in total. The fourth-order valence-corrected chi connectivity index (χ4v) is 3.64. The minimum Gasteiger partial charge on any atom is -0.399 e. The Kier molecular flexibility index (Phi) is 6.66. The molecule has 1 atom stereocenters. The van der Waals surface area contributed by atoms with E-state index in [1.807, 2.05) is 0 Å². The van der Waals surface area contributed by atoms with Gasteiger partial charge in [0.2, 0.25) is 5.95 Å². The molecule has 0 bridgehead atoms. The number of nitrogens with zero attached hydrogens (tertiary/aromatic N) is 4. The van der Waals surface area contributed by atoms with Gasteiger partial charge in [-0.15, -0.1) is 0 Å². The largest absolute Gasteiger partial charge is 0.399 e. The van der Waals surface area contributed by atoms with Crippen molar-refractivity contribution in [2.45, 2.75) is 45.6 Å². The van der Waals surface area contributed by atoms with E-state index in [1.54, 1.807) is 18.2 Å². The van der Waals surface area contributed by atoms with Gasteiger partial charge in [0, 0.05) is 42.3 Å². The highest BCUT2D eigenvalue weighted by atomic mass is 15.2. The minimum absolute atomic E-state index is 0.492. The molecule has 0 aliphatic carbocycles. The number of benzene rings is 1. The van der Waals surface area contributed by atoms with Crippen molar-refractivity contribution < 1.29 is 0 Å². The SMILES string of the molecule is CCCc1cc(N2CCCC(NCC)C2)nc(Nc2cc(N)cc(C#N)c2)n1. The van der Waals surface area contributed by atoms with Crippen molar-refractivity contribution in [2.24, 2.45) is 0 Å². The quantitative estimate of drug-likeness (QED) is 0.635. The van der Waals surface area contributed by atoms with E-state index >= 15 is 0 Å². The second-order valence-electron chi connectivity index (χ2n) is 7.21. The molecule has 1 aliphatic heterocycles. The summed E-state index contributed by atoms with van der Waals surface area (Å²) in [5, 5.41) is 16.0. The molecular formula is C21H29N7. The van der Waals surface area contributed by atoms with Gasteiger partial charge in [0.05, 0.1) is 11.6 Å². The Bertz CT molecular complexity index is 841. The highest BCUT2D eigenvalue weighted by Gasteiger charge is 2.21. The normalized spacial score (nSPS) is 16.6. The average Bonchev–Trinajstić information content (AvgIpc) is 2.68. The number of nitrogens with two attached hydrogens (primary N) is 1. The summed E-state index contributed by atoms with van der Waals surface area (Å²) < 4.78 is 0. The zero-order valence-corrected chi connectivity index (χ0v) is 16.7. The molecule has 1 unspecified atom stereocenters. The lowest BCUT2D eigenvalue weighted by Crippen LogP contribution is -2.46. The van der Waals surface area contributed by atoms with E-state index in [0.29, 0.717) is 23.2 Å². The van der Waals surface area contributed by atoms with E-state index in [9.17, 15) is 5.26 Å². The summed E-state index contributed by atoms with van der Waals surface area (Å²) in [6.07, 6.45) is 4.26. The lowest BCUT2D eigenvalue weighted by Gasteiger charge is -2.34. The van der Waals surface area contributed by atoms with Crippen LogP contribution in [0.15, 0.2) is 24.3 Å². The fourth-order valence-electron chi connectivity index (χ4n) is 3.64. The summed E-state index contributed by atoms with van der Waals surface area (Å²) in [5.74, 6) is 1.49. The van der Waals surface area contributed by atoms with Gasteiger partial charge in [-0.05, 0) is 44.0 Å². The number of aromatic nitrogens is 2. The second kappa shape index (κ2) is 9.38. The van der Waals surface area contributed by atoms with Crippen molar-refractivity contribution in [3.05, 3.63) is 35.5 Å². The average molecular weight is 380 g/mol. The zero-order chi connectivity index (χ0) is 19.9. The van der Waals surface area contributed by atoms with Gasteiger partial charge in [-0.1, -0.05) is 20.3 Å². The molecule has 2 heterocycles. The Balaban J connectivity index is 1.87. The Labute approximate surface area is 167 Å². The summed E-state index contributed by atoms with van der Waals surface area (Å²) in [7, 11) is 0. The maximum atomic E-state index is 9.17. The van der Waals surface area contributed by atoms with Crippen LogP contribution in [0, 0.1) is 11.3 Å². The molecular weight excluding hydrogens is 350 g/mol. The predicted molar refractivity (Wildman–Crippen MR) is 114 cm³/mol. The van der Waals surface area contributed by atoms with Crippen molar-refractivity contribution in [3.8, 4) is 6.07 Å². The second-order valence-corrected chi connectivity index (χ2v) is 7.21. The molecule has 0 radical (unpaired) electrons. The Hall–Kier alpha value is -2.85. The van der Waals surface area contributed by atoms with Gasteiger partial charge in [0.25, 0.3) is 0 Å². The third kappa shape index (κ3) is 5.11. The van der Waals surface area contributed by atoms with Crippen LogP contribution in [0.3, 0.4) is 0 Å². The summed E-state index contributed by atoms with van der Waals surface area (Å²) >= 11 is 0. The van der Waals surface area contributed by atoms with E-state index in [1.165, 1.54) is 6.42 Å². The number of anilines is 4. The molecule has 148 valence electrons. The van der Waals surface area contributed by atoms with Crippen molar-refractivity contribution in [1.82, 2.24) is 15.3 Å². The summed E-state index contributed by atoms with van der Waals surface area (Å²) in [6.45, 7) is 7.22. The molecule has 1 aliphatic rings. The Morgan fingerprint density at radius 1 is 1.25 bits per heavy atom. The first-order valence-electron chi connectivity index (χ1n) is 10.0. The number of nitrogen functional groups attached to an aromatic ring is 1. The summed E-state index contributed by atoms with van der Waals surface area (Å²) in [6, 6.07) is 9.92. The van der Waals surface area contributed by atoms with Crippen LogP contribution in [0.5, 0.6) is 0 Å². The minimum atomic E-state index is 0.492. The van der Waals surface area contributed by atoms with Gasteiger partial charge >= 0.3 is 0 Å². The molecule has 1 aromatic carbocycles. The zero-order valence-electron chi connectivity index (χ0n) is 16.7. The highest BCUT2D eigenvalue weighted by molar-refractivity contribution is 5.64. The van der Waals surface area contributed by atoms with Crippen LogP contribution in [0.25, 0.3) is 0 Å². The number of nitrogens with one attached hydrogen (secondary N) is 2. The van der Waals surface area contributed by atoms with Gasteiger partial charge in [-0.2, -0.15) is 10.2 Å². The highest BCUT2D eigenvalue weighted by Crippen LogP contribution is 2.24. The third-order valence-electron chi connectivity index (χ3n) is 4.85. The number of aryl methyl sites for hydroxylation is 1. The Morgan fingerprint density at radius 2 is 2.11 bits per heavy atom. The van der Waals surface area contributed by atoms with Gasteiger partial charge in [-0.3, -0.25) is 0 Å². The van der Waals surface area contributed by atoms with Crippen LogP contribution in [0.1, 0.15) is 44.4 Å². The molecule has 1 saturated heterocycles. The summed E-state index contributed by atoms with van der Waals surface area (Å²) in [5.41, 5.74) is 8.70. The number of hydrogen-bond donors (Lipinski definition) is 3. The standard InChI is InChI=1S/C21H29N7/c1-3-6-17-12-20(28-8-5-7-18(14-28)24-4-2)27-21(25-17)26-19-10-15(13-22)9-16(23)11-19/h9-12,18,24H,3-8,14,23H2,1-2H3,(H,25,26,27). The van der Waals surface area contributed by atoms with E-state index in [-0.39, 0.29) is 0 Å². The number of piperidine rings is 1. The van der Waals surface area contributed by atoms with E-state index < -0.39 is 0 Å². The summed E-state index contributed by atoms with van der Waals surface area (Å²) in [4.78, 5) is 11.8. The Morgan fingerprint density at radius 3 is 2.86 bits per heavy atom. The van der Waals surface area contributed by atoms with Crippen molar-refractivity contribution in [2.75, 3.05) is 35.6 Å². The first-order chi connectivity index (χ1) is 13.6. The number of likely N-dealkylation sites (N-methyl/N-ethyl adjacent to an activating group) is 1. The molecule has 1 fully saturated rings. The molecule has 7 nitrogen and oxygen atoms in total. The maximum Gasteiger partial charge on any atom is 0.229 e. The van der Waals surface area contributed by atoms with Crippen LogP contribution >= 0.6 is 0 Å². The predicted octanol–water partition coefficient (Wildman–Crippen LogP) is 3.20. The molecule has 7 heteroatoms. The number of rotatable bonds is 7. The first kappa shape index (κ1) is 19.9. The third-order valence-corrected chi connectivity index (χ3v) is 4.85. The molecule has 28 heavy (non-hydrogen) atoms. The van der Waals surface area contributed by atoms with E-state index in [4.69, 9.17) is 10.7 Å². The molecule has 0 spiro atoms. The van der Waals surface area contributed by atoms with Crippen LogP contribution in [-0.4, -0.2) is 35.6 Å². The molecule has 1 aromatic heterocycles. The van der Waals surface area contributed by atoms with Crippen molar-refractivity contribution in [1.29, 1.82) is 5.26 Å². The van der Waals surface area contributed by atoms with Crippen molar-refractivity contribution in [3.63, 3.8) is 0 Å². The smallest absolute Gasteiger partial charge is 0.229 e. The fraction of sp³-hybridized carbons (Fsp3) is 0.476. The molecule has 2 aromatic rings. The van der Waals surface area contributed by atoms with Gasteiger partial charge in [-0.25, -0.2) is 4.98 Å². The van der Waals surface area contributed by atoms with E-state index in [2.05, 4.69) is 46.5 Å². The van der Waals surface area contributed by atoms with Crippen LogP contribution < -0.4 is 21.3 Å². The molecule has 3 rings (SSSR count). The maximum absolute atomic E-state index is 9.17. The topological polar surface area (TPSA) is 103 Å². The van der Waals surface area contributed by atoms with Gasteiger partial charge in [0.1, 0.15) is 5.82 Å². The number of nitriles is 1. The molecule has 0 saturated carbocycles. The van der Waals surface area contributed by atoms with Crippen LogP contribution in [-0.2, 0) is 6.42 Å². The lowest BCUT2D eigenvalue weighted by atomic mass is 10.1. The van der Waals surface area contributed by atoms with Crippen LogP contribution in [0.4, 0.5) is 23.1 Å². The number of hydrogen-bond acceptors (Lipinski definition) is 7. The van der Waals surface area contributed by atoms with Gasteiger partial charge < -0.3 is 21.3 Å². The van der Waals surface area contributed by atoms with Crippen molar-refractivity contribution >= 4 is 23.1 Å². The van der Waals surface area contributed by atoms with Gasteiger partial charge in [0.15, 0.2) is 0 Å². The van der Waals surface area contributed by atoms with Crippen LogP contribution in [0.2, 0.25) is 0 Å². The van der Waals surface area contributed by atoms with E-state index in [0.717, 1.165) is 56.1 Å². The first-order valence-corrected chi connectivity index (χ1v) is 10.0.